The van der Waals surface area contributed by atoms with Gasteiger partial charge in [-0.05, 0) is 12.1 Å². The minimum Gasteiger partial charge on any atom is -0.396 e. The number of hydrogen-bond acceptors (Lipinski definition) is 3. The molecular formula is C8H8FN3O2. The van der Waals surface area contributed by atoms with Gasteiger partial charge in [0.2, 0.25) is 0 Å². The molecule has 0 bridgehead atoms. The molecule has 0 unspecified atom stereocenters. The number of benzene rings is 1. The third-order valence-corrected chi connectivity index (χ3v) is 1.51. The second-order valence-electron chi connectivity index (χ2n) is 2.53. The van der Waals surface area contributed by atoms with E-state index in [-0.39, 0.29) is 11.3 Å². The molecule has 0 aliphatic heterocycles. The van der Waals surface area contributed by atoms with Crippen molar-refractivity contribution in [3.8, 4) is 0 Å². The van der Waals surface area contributed by atoms with Crippen LogP contribution in [-0.4, -0.2) is 11.9 Å². The van der Waals surface area contributed by atoms with Crippen LogP contribution in [0.2, 0.25) is 0 Å². The van der Waals surface area contributed by atoms with Crippen LogP contribution in [0, 0.1) is 5.82 Å². The second-order valence-corrected chi connectivity index (χ2v) is 2.53. The summed E-state index contributed by atoms with van der Waals surface area (Å²) < 4.78 is 13.2. The van der Waals surface area contributed by atoms with Crippen molar-refractivity contribution in [2.75, 3.05) is 5.73 Å². The molecule has 5 N–H and O–H groups in total. The Hall–Kier alpha value is -2.11. The summed E-state index contributed by atoms with van der Waals surface area (Å²) in [5.74, 6) is -1.78. The summed E-state index contributed by atoms with van der Waals surface area (Å²) in [5, 5.41) is 1.73. The van der Waals surface area contributed by atoms with Gasteiger partial charge in [-0.1, -0.05) is 6.07 Å². The molecule has 6 heteroatoms. The molecule has 0 aromatic heterocycles. The zero-order valence-electron chi connectivity index (χ0n) is 7.08. The van der Waals surface area contributed by atoms with E-state index in [4.69, 9.17) is 11.5 Å². The van der Waals surface area contributed by atoms with E-state index in [1.165, 1.54) is 18.2 Å². The predicted octanol–water partition coefficient (Wildman–Crippen LogP) is 0.216. The summed E-state index contributed by atoms with van der Waals surface area (Å²) in [5.41, 5.74) is 9.43. The SMILES string of the molecule is NC(=O)NC(=O)c1cccc(N)c1F. The van der Waals surface area contributed by atoms with E-state index in [1.807, 2.05) is 0 Å². The summed E-state index contributed by atoms with van der Waals surface area (Å²) in [6, 6.07) is 2.85. The van der Waals surface area contributed by atoms with Crippen LogP contribution in [0.5, 0.6) is 0 Å². The first-order valence-electron chi connectivity index (χ1n) is 3.67. The van der Waals surface area contributed by atoms with Crippen LogP contribution in [0.1, 0.15) is 10.4 Å². The van der Waals surface area contributed by atoms with Gasteiger partial charge in [-0.2, -0.15) is 0 Å². The van der Waals surface area contributed by atoms with Crippen molar-refractivity contribution >= 4 is 17.6 Å². The van der Waals surface area contributed by atoms with Crippen molar-refractivity contribution in [1.29, 1.82) is 0 Å². The van der Waals surface area contributed by atoms with Gasteiger partial charge in [-0.3, -0.25) is 10.1 Å². The standard InChI is InChI=1S/C8H8FN3O2/c9-6-4(2-1-3-5(6)10)7(13)12-8(11)14/h1-3H,10H2,(H3,11,12,13,14). The summed E-state index contributed by atoms with van der Waals surface area (Å²) in [6.45, 7) is 0. The first-order chi connectivity index (χ1) is 6.52. The van der Waals surface area contributed by atoms with E-state index in [9.17, 15) is 14.0 Å². The lowest BCUT2D eigenvalue weighted by molar-refractivity contribution is 0.0962. The number of halogens is 1. The van der Waals surface area contributed by atoms with Gasteiger partial charge >= 0.3 is 6.03 Å². The number of primary amides is 1. The molecule has 0 aliphatic carbocycles. The number of hydrogen-bond donors (Lipinski definition) is 3. The highest BCUT2D eigenvalue weighted by Gasteiger charge is 2.14. The van der Waals surface area contributed by atoms with Crippen LogP contribution in [0.25, 0.3) is 0 Å². The van der Waals surface area contributed by atoms with Gasteiger partial charge in [0.15, 0.2) is 5.82 Å². The number of imide groups is 1. The predicted molar refractivity (Wildman–Crippen MR) is 47.9 cm³/mol. The monoisotopic (exact) mass is 197 g/mol. The van der Waals surface area contributed by atoms with E-state index in [1.54, 1.807) is 5.32 Å². The van der Waals surface area contributed by atoms with Crippen LogP contribution in [0.3, 0.4) is 0 Å². The molecule has 3 amide bonds. The van der Waals surface area contributed by atoms with Gasteiger partial charge in [0.05, 0.1) is 11.3 Å². The van der Waals surface area contributed by atoms with Crippen LogP contribution >= 0.6 is 0 Å². The van der Waals surface area contributed by atoms with Crippen molar-refractivity contribution in [2.45, 2.75) is 0 Å². The van der Waals surface area contributed by atoms with E-state index in [0.29, 0.717) is 0 Å². The van der Waals surface area contributed by atoms with Crippen molar-refractivity contribution in [3.05, 3.63) is 29.6 Å². The van der Waals surface area contributed by atoms with Crippen molar-refractivity contribution in [1.82, 2.24) is 5.32 Å². The molecule has 0 heterocycles. The Morgan fingerprint density at radius 3 is 2.57 bits per heavy atom. The molecule has 0 aliphatic rings. The molecule has 0 saturated carbocycles. The van der Waals surface area contributed by atoms with E-state index in [0.717, 1.165) is 0 Å². The number of nitrogens with two attached hydrogens (primary N) is 2. The van der Waals surface area contributed by atoms with E-state index < -0.39 is 17.8 Å². The summed E-state index contributed by atoms with van der Waals surface area (Å²) in [7, 11) is 0. The molecule has 0 saturated heterocycles. The van der Waals surface area contributed by atoms with Crippen LogP contribution < -0.4 is 16.8 Å². The number of rotatable bonds is 1. The molecule has 5 nitrogen and oxygen atoms in total. The maximum atomic E-state index is 13.2. The van der Waals surface area contributed by atoms with Gasteiger partial charge in [0.1, 0.15) is 0 Å². The fourth-order valence-corrected chi connectivity index (χ4v) is 0.904. The maximum absolute atomic E-state index is 13.2. The van der Waals surface area contributed by atoms with E-state index in [2.05, 4.69) is 0 Å². The minimum absolute atomic E-state index is 0.165. The lowest BCUT2D eigenvalue weighted by Gasteiger charge is -2.03. The maximum Gasteiger partial charge on any atom is 0.319 e. The van der Waals surface area contributed by atoms with E-state index >= 15 is 0 Å². The number of nitrogens with one attached hydrogen (secondary N) is 1. The number of carbonyl (C=O) groups excluding carboxylic acids is 2. The van der Waals surface area contributed by atoms with Crippen LogP contribution in [0.15, 0.2) is 18.2 Å². The molecule has 0 fully saturated rings. The average molecular weight is 197 g/mol. The highest BCUT2D eigenvalue weighted by Crippen LogP contribution is 2.13. The fourth-order valence-electron chi connectivity index (χ4n) is 0.904. The Morgan fingerprint density at radius 2 is 2.00 bits per heavy atom. The molecule has 74 valence electrons. The highest BCUT2D eigenvalue weighted by atomic mass is 19.1. The lowest BCUT2D eigenvalue weighted by atomic mass is 10.2. The van der Waals surface area contributed by atoms with Crippen LogP contribution in [0.4, 0.5) is 14.9 Å². The zero-order chi connectivity index (χ0) is 10.7. The Balaban J connectivity index is 3.01. The second kappa shape index (κ2) is 3.73. The van der Waals surface area contributed by atoms with Gasteiger partial charge in [0.25, 0.3) is 5.91 Å². The van der Waals surface area contributed by atoms with Gasteiger partial charge in [-0.25, -0.2) is 9.18 Å². The molecule has 0 spiro atoms. The summed E-state index contributed by atoms with van der Waals surface area (Å²) in [6.07, 6.45) is 0. The molecule has 0 radical (unpaired) electrons. The van der Waals surface area contributed by atoms with Gasteiger partial charge < -0.3 is 11.5 Å². The number of anilines is 1. The van der Waals surface area contributed by atoms with Crippen molar-refractivity contribution < 1.29 is 14.0 Å². The number of carbonyl (C=O) groups is 2. The van der Waals surface area contributed by atoms with Gasteiger partial charge in [0, 0.05) is 0 Å². The first-order valence-corrected chi connectivity index (χ1v) is 3.67. The smallest absolute Gasteiger partial charge is 0.319 e. The number of urea groups is 1. The molecule has 1 aromatic rings. The largest absolute Gasteiger partial charge is 0.396 e. The normalized spacial score (nSPS) is 9.50. The molecule has 1 rings (SSSR count). The fraction of sp³-hybridized carbons (Fsp3) is 0. The average Bonchev–Trinajstić information content (AvgIpc) is 2.08. The van der Waals surface area contributed by atoms with Crippen molar-refractivity contribution in [2.24, 2.45) is 5.73 Å². The Morgan fingerprint density at radius 1 is 1.36 bits per heavy atom. The zero-order valence-corrected chi connectivity index (χ0v) is 7.08. The molecule has 1 aromatic carbocycles. The molecular weight excluding hydrogens is 189 g/mol. The minimum atomic E-state index is -1.04. The summed E-state index contributed by atoms with van der Waals surface area (Å²) >= 11 is 0. The topological polar surface area (TPSA) is 98.2 Å². The summed E-state index contributed by atoms with van der Waals surface area (Å²) in [4.78, 5) is 21.4. The third kappa shape index (κ3) is 1.98. The molecule has 0 atom stereocenters. The Labute approximate surface area is 78.9 Å². The quantitative estimate of drug-likeness (QED) is 0.561. The highest BCUT2D eigenvalue weighted by molar-refractivity contribution is 6.04. The number of amides is 3. The number of nitrogen functional groups attached to an aromatic ring is 1. The lowest BCUT2D eigenvalue weighted by Crippen LogP contribution is -2.35. The first kappa shape index (κ1) is 9.97. The Bertz CT molecular complexity index is 392. The third-order valence-electron chi connectivity index (χ3n) is 1.51. The van der Waals surface area contributed by atoms with Crippen molar-refractivity contribution in [3.63, 3.8) is 0 Å². The molecule has 14 heavy (non-hydrogen) atoms. The van der Waals surface area contributed by atoms with Gasteiger partial charge in [-0.15, -0.1) is 0 Å². The van der Waals surface area contributed by atoms with Crippen LogP contribution in [-0.2, 0) is 0 Å². The Kier molecular flexibility index (Phi) is 2.66.